The van der Waals surface area contributed by atoms with Crippen LogP contribution in [-0.2, 0) is 12.8 Å². The van der Waals surface area contributed by atoms with Crippen LogP contribution in [0.4, 0.5) is 13.2 Å². The van der Waals surface area contributed by atoms with Gasteiger partial charge in [0, 0.05) is 36.5 Å². The van der Waals surface area contributed by atoms with Gasteiger partial charge in [0.1, 0.15) is 17.1 Å². The molecule has 108 valence electrons. The number of rotatable bonds is 1. The molecular weight excluding hydrogens is 271 g/mol. The van der Waals surface area contributed by atoms with E-state index in [9.17, 15) is 13.2 Å². The number of fused-ring (bicyclic) bond motifs is 3. The summed E-state index contributed by atoms with van der Waals surface area (Å²) >= 11 is 0. The quantitative estimate of drug-likeness (QED) is 0.803. The maximum absolute atomic E-state index is 12.2. The summed E-state index contributed by atoms with van der Waals surface area (Å²) in [5, 5.41) is 0.879. The number of halogens is 3. The van der Waals surface area contributed by atoms with Gasteiger partial charge in [0.25, 0.3) is 0 Å². The molecule has 0 fully saturated rings. The Balaban J connectivity index is 1.97. The average Bonchev–Trinajstić information content (AvgIpc) is 2.58. The van der Waals surface area contributed by atoms with Crippen LogP contribution >= 0.6 is 0 Å². The Labute approximate surface area is 113 Å². The lowest BCUT2D eigenvalue weighted by Crippen LogP contribution is -2.20. The molecule has 2 heterocycles. The Bertz CT molecular complexity index is 633. The minimum atomic E-state index is -4.68. The largest absolute Gasteiger partial charge is 0.573 e. The summed E-state index contributed by atoms with van der Waals surface area (Å²) in [4.78, 5) is 2.21. The molecule has 0 amide bonds. The molecule has 0 spiro atoms. The van der Waals surface area contributed by atoms with E-state index in [1.807, 2.05) is 7.05 Å². The molecular formula is C14H14F3NO2. The predicted molar refractivity (Wildman–Crippen MR) is 67.8 cm³/mol. The topological polar surface area (TPSA) is 25.6 Å². The Morgan fingerprint density at radius 1 is 1.20 bits per heavy atom. The molecule has 0 radical (unpaired) electrons. The molecule has 0 saturated carbocycles. The van der Waals surface area contributed by atoms with Gasteiger partial charge in [0.15, 0.2) is 0 Å². The first-order valence-electron chi connectivity index (χ1n) is 6.41. The second-order valence-electron chi connectivity index (χ2n) is 5.01. The van der Waals surface area contributed by atoms with E-state index in [0.29, 0.717) is 5.58 Å². The number of nitrogens with zero attached hydrogens (tertiary/aromatic N) is 1. The fourth-order valence-electron chi connectivity index (χ4n) is 2.56. The standard InChI is InChI=1S/C14H14F3NO2/c1-18-6-4-11-10-3-2-9(20-14(15,16)17)8-13(10)19-12(11)5-7-18/h2-3,8H,4-7H2,1H3. The fraction of sp³-hybridized carbons (Fsp3) is 0.429. The first-order chi connectivity index (χ1) is 9.42. The van der Waals surface area contributed by atoms with Crippen molar-refractivity contribution in [3.8, 4) is 5.75 Å². The number of alkyl halides is 3. The van der Waals surface area contributed by atoms with Crippen molar-refractivity contribution in [2.24, 2.45) is 0 Å². The second-order valence-corrected chi connectivity index (χ2v) is 5.01. The Morgan fingerprint density at radius 3 is 2.70 bits per heavy atom. The summed E-state index contributed by atoms with van der Waals surface area (Å²) in [7, 11) is 2.04. The van der Waals surface area contributed by atoms with E-state index in [0.717, 1.165) is 42.6 Å². The van der Waals surface area contributed by atoms with Crippen LogP contribution in [0, 0.1) is 0 Å². The maximum Gasteiger partial charge on any atom is 0.573 e. The Morgan fingerprint density at radius 2 is 1.95 bits per heavy atom. The molecule has 2 aromatic rings. The summed E-state index contributed by atoms with van der Waals surface area (Å²) in [5.41, 5.74) is 1.56. The molecule has 1 aromatic carbocycles. The zero-order valence-electron chi connectivity index (χ0n) is 11.0. The lowest BCUT2D eigenvalue weighted by atomic mass is 10.1. The third-order valence-electron chi connectivity index (χ3n) is 3.55. The summed E-state index contributed by atoms with van der Waals surface area (Å²) in [5.74, 6) is 0.625. The van der Waals surface area contributed by atoms with E-state index in [1.54, 1.807) is 6.07 Å². The lowest BCUT2D eigenvalue weighted by Gasteiger charge is -2.11. The molecule has 0 unspecified atom stereocenters. The van der Waals surface area contributed by atoms with E-state index in [1.165, 1.54) is 12.1 Å². The highest BCUT2D eigenvalue weighted by molar-refractivity contribution is 5.83. The van der Waals surface area contributed by atoms with E-state index >= 15 is 0 Å². The number of hydrogen-bond acceptors (Lipinski definition) is 3. The molecule has 0 N–H and O–H groups in total. The second kappa shape index (κ2) is 4.70. The normalized spacial score (nSPS) is 17.0. The van der Waals surface area contributed by atoms with E-state index in [2.05, 4.69) is 9.64 Å². The van der Waals surface area contributed by atoms with Crippen LogP contribution in [0.3, 0.4) is 0 Å². The monoisotopic (exact) mass is 285 g/mol. The summed E-state index contributed by atoms with van der Waals surface area (Å²) in [6.45, 7) is 1.81. The Kier molecular flexibility index (Phi) is 3.12. The Hall–Kier alpha value is -1.69. The average molecular weight is 285 g/mol. The van der Waals surface area contributed by atoms with Crippen molar-refractivity contribution in [3.63, 3.8) is 0 Å². The van der Waals surface area contributed by atoms with Crippen LogP contribution in [0.25, 0.3) is 11.0 Å². The van der Waals surface area contributed by atoms with Gasteiger partial charge in [0.05, 0.1) is 0 Å². The molecule has 3 rings (SSSR count). The van der Waals surface area contributed by atoms with Crippen molar-refractivity contribution >= 4 is 11.0 Å². The van der Waals surface area contributed by atoms with Crippen LogP contribution in [0.15, 0.2) is 22.6 Å². The first-order valence-corrected chi connectivity index (χ1v) is 6.41. The van der Waals surface area contributed by atoms with Crippen molar-refractivity contribution < 1.29 is 22.3 Å². The first kappa shape index (κ1) is 13.3. The highest BCUT2D eigenvalue weighted by atomic mass is 19.4. The molecule has 0 bridgehead atoms. The van der Waals surface area contributed by atoms with Crippen molar-refractivity contribution in [1.82, 2.24) is 4.90 Å². The van der Waals surface area contributed by atoms with Crippen LogP contribution in [0.1, 0.15) is 11.3 Å². The van der Waals surface area contributed by atoms with Crippen molar-refractivity contribution in [3.05, 3.63) is 29.5 Å². The molecule has 0 aliphatic carbocycles. The molecule has 0 saturated heterocycles. The van der Waals surface area contributed by atoms with Gasteiger partial charge in [-0.15, -0.1) is 13.2 Å². The zero-order valence-corrected chi connectivity index (χ0v) is 11.0. The molecule has 6 heteroatoms. The lowest BCUT2D eigenvalue weighted by molar-refractivity contribution is -0.274. The number of ether oxygens (including phenoxy) is 1. The third kappa shape index (κ3) is 2.60. The van der Waals surface area contributed by atoms with E-state index in [4.69, 9.17) is 4.42 Å². The molecule has 1 aliphatic rings. The number of likely N-dealkylation sites (N-methyl/N-ethyl adjacent to an activating group) is 1. The van der Waals surface area contributed by atoms with Gasteiger partial charge in [-0.25, -0.2) is 0 Å². The van der Waals surface area contributed by atoms with Crippen LogP contribution in [0.2, 0.25) is 0 Å². The zero-order chi connectivity index (χ0) is 14.3. The van der Waals surface area contributed by atoms with Gasteiger partial charge in [0.2, 0.25) is 0 Å². The van der Waals surface area contributed by atoms with Gasteiger partial charge in [-0.2, -0.15) is 0 Å². The molecule has 20 heavy (non-hydrogen) atoms. The van der Waals surface area contributed by atoms with Gasteiger partial charge in [-0.05, 0) is 25.6 Å². The SMILES string of the molecule is CN1CCc2oc3cc(OC(F)(F)F)ccc3c2CC1. The van der Waals surface area contributed by atoms with Crippen LogP contribution < -0.4 is 4.74 Å². The molecule has 3 nitrogen and oxygen atoms in total. The minimum absolute atomic E-state index is 0.244. The molecule has 1 aromatic heterocycles. The number of furan rings is 1. The fourth-order valence-corrected chi connectivity index (χ4v) is 2.56. The van der Waals surface area contributed by atoms with Crippen LogP contribution in [0.5, 0.6) is 5.75 Å². The number of hydrogen-bond donors (Lipinski definition) is 0. The van der Waals surface area contributed by atoms with Crippen molar-refractivity contribution in [2.45, 2.75) is 19.2 Å². The van der Waals surface area contributed by atoms with E-state index in [-0.39, 0.29) is 5.75 Å². The van der Waals surface area contributed by atoms with Gasteiger partial charge in [-0.3, -0.25) is 0 Å². The van der Waals surface area contributed by atoms with E-state index < -0.39 is 6.36 Å². The summed E-state index contributed by atoms with van der Waals surface area (Å²) in [6.07, 6.45) is -3.06. The van der Waals surface area contributed by atoms with Gasteiger partial charge >= 0.3 is 6.36 Å². The maximum atomic E-state index is 12.2. The molecule has 1 aliphatic heterocycles. The van der Waals surface area contributed by atoms with Gasteiger partial charge in [-0.1, -0.05) is 0 Å². The van der Waals surface area contributed by atoms with Crippen molar-refractivity contribution in [1.29, 1.82) is 0 Å². The van der Waals surface area contributed by atoms with Crippen LogP contribution in [-0.4, -0.2) is 31.4 Å². The van der Waals surface area contributed by atoms with Gasteiger partial charge < -0.3 is 14.1 Å². The highest BCUT2D eigenvalue weighted by Gasteiger charge is 2.31. The molecule has 0 atom stereocenters. The van der Waals surface area contributed by atoms with Crippen molar-refractivity contribution in [2.75, 3.05) is 20.1 Å². The predicted octanol–water partition coefficient (Wildman–Crippen LogP) is 3.36. The summed E-state index contributed by atoms with van der Waals surface area (Å²) < 4.78 is 46.2. The third-order valence-corrected chi connectivity index (χ3v) is 3.55. The number of benzene rings is 1. The highest BCUT2D eigenvalue weighted by Crippen LogP contribution is 2.33. The summed E-state index contributed by atoms with van der Waals surface area (Å²) in [6, 6.07) is 4.28. The minimum Gasteiger partial charge on any atom is -0.461 e. The smallest absolute Gasteiger partial charge is 0.461 e.